The fourth-order valence-electron chi connectivity index (χ4n) is 4.65. The summed E-state index contributed by atoms with van der Waals surface area (Å²) in [6, 6.07) is 15.3. The molecule has 0 aromatic heterocycles. The van der Waals surface area contributed by atoms with Crippen LogP contribution in [0.1, 0.15) is 33.9 Å². The lowest BCUT2D eigenvalue weighted by atomic mass is 10.0. The first-order valence-electron chi connectivity index (χ1n) is 12.0. The van der Waals surface area contributed by atoms with E-state index in [0.29, 0.717) is 56.5 Å². The van der Waals surface area contributed by atoms with E-state index in [1.165, 1.54) is 0 Å². The van der Waals surface area contributed by atoms with E-state index in [0.717, 1.165) is 30.6 Å². The first-order valence-corrected chi connectivity index (χ1v) is 12.4. The van der Waals surface area contributed by atoms with Crippen LogP contribution in [0, 0.1) is 6.92 Å². The van der Waals surface area contributed by atoms with E-state index in [2.05, 4.69) is 10.2 Å². The van der Waals surface area contributed by atoms with Gasteiger partial charge in [0.25, 0.3) is 5.91 Å². The molecule has 8 heteroatoms. The molecule has 0 bridgehead atoms. The molecule has 2 heterocycles. The zero-order valence-corrected chi connectivity index (χ0v) is 20.5. The van der Waals surface area contributed by atoms with Gasteiger partial charge in [-0.2, -0.15) is 0 Å². The van der Waals surface area contributed by atoms with Crippen LogP contribution in [0.4, 0.5) is 4.79 Å². The molecule has 182 valence electrons. The van der Waals surface area contributed by atoms with Crippen LogP contribution in [0.25, 0.3) is 0 Å². The van der Waals surface area contributed by atoms with Gasteiger partial charge in [0, 0.05) is 56.4 Å². The van der Waals surface area contributed by atoms with E-state index in [-0.39, 0.29) is 18.0 Å². The Morgan fingerprint density at radius 3 is 2.47 bits per heavy atom. The molecule has 4 rings (SSSR count). The first-order chi connectivity index (χ1) is 16.5. The van der Waals surface area contributed by atoms with Crippen molar-refractivity contribution in [3.05, 3.63) is 70.2 Å². The Labute approximate surface area is 206 Å². The Morgan fingerprint density at radius 2 is 1.71 bits per heavy atom. The maximum atomic E-state index is 13.1. The van der Waals surface area contributed by atoms with Gasteiger partial charge in [0.2, 0.25) is 0 Å². The molecule has 34 heavy (non-hydrogen) atoms. The van der Waals surface area contributed by atoms with E-state index < -0.39 is 0 Å². The van der Waals surface area contributed by atoms with Gasteiger partial charge in [0.15, 0.2) is 0 Å². The highest BCUT2D eigenvalue weighted by Gasteiger charge is 2.27. The summed E-state index contributed by atoms with van der Waals surface area (Å²) in [6.45, 7) is 7.69. The van der Waals surface area contributed by atoms with Crippen molar-refractivity contribution in [2.45, 2.75) is 19.4 Å². The standard InChI is InChI=1S/C26H33ClN4O3/c1-20-6-4-7-21(18-20)25(32)30-10-5-11-31(13-12-30)26(33)28-19-24(29-14-16-34-17-15-29)22-8-2-3-9-23(22)27/h2-4,6-9,18,24H,5,10-17,19H2,1H3,(H,28,33). The van der Waals surface area contributed by atoms with Crippen LogP contribution in [0.3, 0.4) is 0 Å². The molecule has 7 nitrogen and oxygen atoms in total. The molecule has 2 aromatic rings. The predicted octanol–water partition coefficient (Wildman–Crippen LogP) is 3.58. The predicted molar refractivity (Wildman–Crippen MR) is 133 cm³/mol. The Morgan fingerprint density at radius 1 is 0.971 bits per heavy atom. The number of hydrogen-bond acceptors (Lipinski definition) is 4. The molecule has 0 radical (unpaired) electrons. The molecule has 2 aromatic carbocycles. The zero-order valence-electron chi connectivity index (χ0n) is 19.7. The quantitative estimate of drug-likeness (QED) is 0.704. The number of aryl methyl sites for hydroxylation is 1. The Balaban J connectivity index is 1.36. The maximum absolute atomic E-state index is 13.1. The summed E-state index contributed by atoms with van der Waals surface area (Å²) >= 11 is 6.51. The number of urea groups is 1. The molecular weight excluding hydrogens is 452 g/mol. The summed E-state index contributed by atoms with van der Waals surface area (Å²) in [5.74, 6) is 0.0251. The molecule has 0 aliphatic carbocycles. The van der Waals surface area contributed by atoms with E-state index in [4.69, 9.17) is 16.3 Å². The lowest BCUT2D eigenvalue weighted by Crippen LogP contribution is -2.47. The summed E-state index contributed by atoms with van der Waals surface area (Å²) in [6.07, 6.45) is 0.752. The fraction of sp³-hybridized carbons (Fsp3) is 0.462. The highest BCUT2D eigenvalue weighted by atomic mass is 35.5. The third-order valence-corrected chi connectivity index (χ3v) is 6.88. The molecule has 2 fully saturated rings. The van der Waals surface area contributed by atoms with Crippen LogP contribution in [0.15, 0.2) is 48.5 Å². The van der Waals surface area contributed by atoms with Crippen molar-refractivity contribution >= 4 is 23.5 Å². The van der Waals surface area contributed by atoms with Gasteiger partial charge >= 0.3 is 6.03 Å². The average Bonchev–Trinajstić information content (AvgIpc) is 3.12. The lowest BCUT2D eigenvalue weighted by molar-refractivity contribution is 0.0165. The van der Waals surface area contributed by atoms with Gasteiger partial charge in [-0.3, -0.25) is 9.69 Å². The second-order valence-electron chi connectivity index (χ2n) is 8.87. The summed E-state index contributed by atoms with van der Waals surface area (Å²) in [4.78, 5) is 32.0. The summed E-state index contributed by atoms with van der Waals surface area (Å²) in [5, 5.41) is 3.83. The van der Waals surface area contributed by atoms with Gasteiger partial charge in [0.05, 0.1) is 19.3 Å². The normalized spacial score (nSPS) is 18.3. The topological polar surface area (TPSA) is 65.1 Å². The number of benzene rings is 2. The number of nitrogens with one attached hydrogen (secondary N) is 1. The Hall–Kier alpha value is -2.61. The molecule has 2 aliphatic heterocycles. The summed E-state index contributed by atoms with van der Waals surface area (Å²) in [7, 11) is 0. The van der Waals surface area contributed by atoms with E-state index in [9.17, 15) is 9.59 Å². The first kappa shape index (κ1) is 24.5. The van der Waals surface area contributed by atoms with Crippen LogP contribution < -0.4 is 5.32 Å². The van der Waals surface area contributed by atoms with E-state index in [1.54, 1.807) is 0 Å². The van der Waals surface area contributed by atoms with Crippen molar-refractivity contribution < 1.29 is 14.3 Å². The van der Waals surface area contributed by atoms with E-state index in [1.807, 2.05) is 65.3 Å². The lowest BCUT2D eigenvalue weighted by Gasteiger charge is -2.35. The third-order valence-electron chi connectivity index (χ3n) is 6.53. The molecule has 1 unspecified atom stereocenters. The van der Waals surface area contributed by atoms with Crippen molar-refractivity contribution in [1.29, 1.82) is 0 Å². The summed E-state index contributed by atoms with van der Waals surface area (Å²) in [5.41, 5.74) is 2.78. The second kappa shape index (κ2) is 11.7. The summed E-state index contributed by atoms with van der Waals surface area (Å²) < 4.78 is 5.52. The molecule has 0 spiro atoms. The second-order valence-corrected chi connectivity index (χ2v) is 9.28. The monoisotopic (exact) mass is 484 g/mol. The number of carbonyl (C=O) groups is 2. The maximum Gasteiger partial charge on any atom is 0.317 e. The minimum Gasteiger partial charge on any atom is -0.379 e. The number of nitrogens with zero attached hydrogens (tertiary/aromatic N) is 3. The zero-order chi connectivity index (χ0) is 23.9. The van der Waals surface area contributed by atoms with Crippen LogP contribution in [-0.4, -0.2) is 85.7 Å². The van der Waals surface area contributed by atoms with Gasteiger partial charge in [-0.1, -0.05) is 47.5 Å². The highest BCUT2D eigenvalue weighted by Crippen LogP contribution is 2.28. The Kier molecular flexibility index (Phi) is 8.43. The van der Waals surface area contributed by atoms with Crippen molar-refractivity contribution in [2.75, 3.05) is 59.0 Å². The average molecular weight is 485 g/mol. The molecule has 0 saturated carbocycles. The van der Waals surface area contributed by atoms with Gasteiger partial charge < -0.3 is 19.9 Å². The molecule has 2 saturated heterocycles. The van der Waals surface area contributed by atoms with Crippen LogP contribution in [0.5, 0.6) is 0 Å². The minimum atomic E-state index is -0.102. The van der Waals surface area contributed by atoms with Crippen molar-refractivity contribution in [1.82, 2.24) is 20.0 Å². The minimum absolute atomic E-state index is 0.0204. The largest absolute Gasteiger partial charge is 0.379 e. The number of halogens is 1. The number of carbonyl (C=O) groups excluding carboxylic acids is 2. The molecule has 3 amide bonds. The number of morpholine rings is 1. The number of rotatable bonds is 5. The Bertz CT molecular complexity index is 996. The molecule has 2 aliphatic rings. The van der Waals surface area contributed by atoms with Crippen molar-refractivity contribution in [3.63, 3.8) is 0 Å². The van der Waals surface area contributed by atoms with Crippen LogP contribution in [0.2, 0.25) is 5.02 Å². The molecule has 1 N–H and O–H groups in total. The van der Waals surface area contributed by atoms with Crippen molar-refractivity contribution in [3.8, 4) is 0 Å². The smallest absolute Gasteiger partial charge is 0.317 e. The third kappa shape index (κ3) is 6.09. The SMILES string of the molecule is Cc1cccc(C(=O)N2CCCN(C(=O)NCC(c3ccccc3Cl)N3CCOCC3)CC2)c1. The highest BCUT2D eigenvalue weighted by molar-refractivity contribution is 6.31. The van der Waals surface area contributed by atoms with Crippen LogP contribution >= 0.6 is 11.6 Å². The molecule has 1 atom stereocenters. The van der Waals surface area contributed by atoms with Gasteiger partial charge in [-0.05, 0) is 37.1 Å². The number of ether oxygens (including phenoxy) is 1. The van der Waals surface area contributed by atoms with Crippen LogP contribution in [-0.2, 0) is 4.74 Å². The molecular formula is C26H33ClN4O3. The van der Waals surface area contributed by atoms with Gasteiger partial charge in [-0.25, -0.2) is 4.79 Å². The fourth-order valence-corrected chi connectivity index (χ4v) is 4.91. The van der Waals surface area contributed by atoms with Gasteiger partial charge in [0.1, 0.15) is 0 Å². The number of hydrogen-bond donors (Lipinski definition) is 1. The number of amides is 3. The van der Waals surface area contributed by atoms with E-state index >= 15 is 0 Å². The van der Waals surface area contributed by atoms with Crippen molar-refractivity contribution in [2.24, 2.45) is 0 Å². The van der Waals surface area contributed by atoms with Gasteiger partial charge in [-0.15, -0.1) is 0 Å².